The average Bonchev–Trinajstić information content (AvgIpc) is 2.83. The van der Waals surface area contributed by atoms with E-state index in [4.69, 9.17) is 4.74 Å². The summed E-state index contributed by atoms with van der Waals surface area (Å²) in [6.07, 6.45) is 1.80. The van der Waals surface area contributed by atoms with E-state index in [0.29, 0.717) is 12.1 Å². The van der Waals surface area contributed by atoms with Gasteiger partial charge >= 0.3 is 6.03 Å². The summed E-state index contributed by atoms with van der Waals surface area (Å²) in [6, 6.07) is 17.0. The van der Waals surface area contributed by atoms with E-state index in [-0.39, 0.29) is 30.5 Å². The highest BCUT2D eigenvalue weighted by molar-refractivity contribution is 5.97. The number of carbonyl (C=O) groups is 2. The van der Waals surface area contributed by atoms with Gasteiger partial charge in [0.15, 0.2) is 23.1 Å². The van der Waals surface area contributed by atoms with Crippen molar-refractivity contribution in [2.45, 2.75) is 19.4 Å². The predicted octanol–water partition coefficient (Wildman–Crippen LogP) is 4.54. The van der Waals surface area contributed by atoms with Gasteiger partial charge in [0.25, 0.3) is 0 Å². The Bertz CT molecular complexity index is 1170. The number of carbonyl (C=O) groups excluding carboxylic acids is 2. The van der Waals surface area contributed by atoms with Gasteiger partial charge in [0.05, 0.1) is 6.54 Å². The number of urea groups is 1. The van der Waals surface area contributed by atoms with Crippen molar-refractivity contribution in [2.24, 2.45) is 0 Å². The van der Waals surface area contributed by atoms with Gasteiger partial charge in [-0.1, -0.05) is 36.4 Å². The van der Waals surface area contributed by atoms with Crippen molar-refractivity contribution in [3.8, 4) is 11.5 Å². The molecule has 0 saturated carbocycles. The first-order valence-corrected chi connectivity index (χ1v) is 10.6. The molecule has 0 aromatic heterocycles. The summed E-state index contributed by atoms with van der Waals surface area (Å²) in [7, 11) is 0. The fourth-order valence-corrected chi connectivity index (χ4v) is 3.67. The SMILES string of the molecule is O=C(NCC(=O)N1CCCc2ccccc21)NCc1ccc(Oc2ccccc2F)c(F)c1. The van der Waals surface area contributed by atoms with Crippen molar-refractivity contribution >= 4 is 17.6 Å². The molecule has 8 heteroatoms. The molecule has 0 aliphatic carbocycles. The Labute approximate surface area is 190 Å². The normalized spacial score (nSPS) is 12.6. The summed E-state index contributed by atoms with van der Waals surface area (Å²) in [4.78, 5) is 26.4. The van der Waals surface area contributed by atoms with Crippen LogP contribution in [0.4, 0.5) is 19.3 Å². The maximum absolute atomic E-state index is 14.3. The quantitative estimate of drug-likeness (QED) is 0.578. The number of hydrogen-bond acceptors (Lipinski definition) is 3. The highest BCUT2D eigenvalue weighted by Gasteiger charge is 2.22. The standard InChI is InChI=1S/C25H23F2N3O3/c26-19-8-2-4-10-22(19)33-23-12-11-17(14-20(23)27)15-28-25(32)29-16-24(31)30-13-5-7-18-6-1-3-9-21(18)30/h1-4,6,8-12,14H,5,7,13,15-16H2,(H2,28,29,32). The molecule has 170 valence electrons. The maximum atomic E-state index is 14.3. The van der Waals surface area contributed by atoms with Gasteiger partial charge in [0.2, 0.25) is 5.91 Å². The van der Waals surface area contributed by atoms with Crippen LogP contribution in [0.25, 0.3) is 0 Å². The van der Waals surface area contributed by atoms with Gasteiger partial charge in [0, 0.05) is 18.8 Å². The Hall–Kier alpha value is -3.94. The van der Waals surface area contributed by atoms with Crippen molar-refractivity contribution in [1.82, 2.24) is 10.6 Å². The minimum atomic E-state index is -0.683. The molecule has 2 N–H and O–H groups in total. The largest absolute Gasteiger partial charge is 0.451 e. The Kier molecular flexibility index (Phi) is 6.83. The molecule has 6 nitrogen and oxygen atoms in total. The van der Waals surface area contributed by atoms with Gasteiger partial charge in [-0.2, -0.15) is 0 Å². The Morgan fingerprint density at radius 2 is 1.67 bits per heavy atom. The van der Waals surface area contributed by atoms with E-state index in [1.807, 2.05) is 24.3 Å². The first kappa shape index (κ1) is 22.3. The number of ether oxygens (including phenoxy) is 1. The number of nitrogens with one attached hydrogen (secondary N) is 2. The summed E-state index contributed by atoms with van der Waals surface area (Å²) in [5.41, 5.74) is 2.48. The molecule has 33 heavy (non-hydrogen) atoms. The van der Waals surface area contributed by atoms with Crippen molar-refractivity contribution < 1.29 is 23.1 Å². The number of nitrogens with zero attached hydrogens (tertiary/aromatic N) is 1. The summed E-state index contributed by atoms with van der Waals surface area (Å²) in [5.74, 6) is -1.68. The Morgan fingerprint density at radius 1 is 0.909 bits per heavy atom. The lowest BCUT2D eigenvalue weighted by atomic mass is 10.0. The molecule has 4 rings (SSSR count). The maximum Gasteiger partial charge on any atom is 0.315 e. The molecule has 0 saturated heterocycles. The van der Waals surface area contributed by atoms with Gasteiger partial charge in [-0.05, 0) is 54.3 Å². The molecular weight excluding hydrogens is 428 g/mol. The van der Waals surface area contributed by atoms with Crippen LogP contribution in [0.2, 0.25) is 0 Å². The fraction of sp³-hybridized carbons (Fsp3) is 0.200. The molecule has 0 unspecified atom stereocenters. The van der Waals surface area contributed by atoms with Crippen LogP contribution in [-0.2, 0) is 17.8 Å². The van der Waals surface area contributed by atoms with Gasteiger partial charge in [-0.3, -0.25) is 4.79 Å². The van der Waals surface area contributed by atoms with Crippen LogP contribution >= 0.6 is 0 Å². The molecular formula is C25H23F2N3O3. The minimum Gasteiger partial charge on any atom is -0.451 e. The number of rotatable bonds is 6. The van der Waals surface area contributed by atoms with E-state index in [0.717, 1.165) is 24.1 Å². The summed E-state index contributed by atoms with van der Waals surface area (Å²) >= 11 is 0. The summed E-state index contributed by atoms with van der Waals surface area (Å²) < 4.78 is 33.3. The van der Waals surface area contributed by atoms with E-state index in [2.05, 4.69) is 10.6 Å². The van der Waals surface area contributed by atoms with Gasteiger partial charge in [0.1, 0.15) is 0 Å². The first-order chi connectivity index (χ1) is 16.0. The number of amides is 3. The molecule has 0 radical (unpaired) electrons. The van der Waals surface area contributed by atoms with E-state index in [1.165, 1.54) is 30.3 Å². The van der Waals surface area contributed by atoms with Crippen LogP contribution in [0.3, 0.4) is 0 Å². The molecule has 0 spiro atoms. The van der Waals surface area contributed by atoms with Gasteiger partial charge < -0.3 is 20.3 Å². The first-order valence-electron chi connectivity index (χ1n) is 10.6. The van der Waals surface area contributed by atoms with Crippen LogP contribution in [0.1, 0.15) is 17.5 Å². The zero-order valence-electron chi connectivity index (χ0n) is 17.8. The molecule has 1 aliphatic rings. The van der Waals surface area contributed by atoms with Crippen LogP contribution in [0.15, 0.2) is 66.7 Å². The number of benzene rings is 3. The van der Waals surface area contributed by atoms with Gasteiger partial charge in [-0.15, -0.1) is 0 Å². The van der Waals surface area contributed by atoms with Crippen LogP contribution in [0.5, 0.6) is 11.5 Å². The van der Waals surface area contributed by atoms with E-state index in [1.54, 1.807) is 17.0 Å². The lowest BCUT2D eigenvalue weighted by Crippen LogP contribution is -2.45. The molecule has 1 heterocycles. The summed E-state index contributed by atoms with van der Waals surface area (Å²) in [5, 5.41) is 5.14. The second-order valence-corrected chi connectivity index (χ2v) is 7.61. The number of halogens is 2. The highest BCUT2D eigenvalue weighted by Crippen LogP contribution is 2.28. The zero-order valence-corrected chi connectivity index (χ0v) is 17.8. The number of para-hydroxylation sites is 2. The van der Waals surface area contributed by atoms with Crippen molar-refractivity contribution in [3.05, 3.63) is 89.5 Å². The molecule has 3 amide bonds. The molecule has 3 aromatic rings. The number of hydrogen-bond donors (Lipinski definition) is 2. The van der Waals surface area contributed by atoms with E-state index >= 15 is 0 Å². The molecule has 3 aromatic carbocycles. The number of aryl methyl sites for hydroxylation is 1. The lowest BCUT2D eigenvalue weighted by molar-refractivity contribution is -0.117. The third kappa shape index (κ3) is 5.46. The molecule has 0 bridgehead atoms. The highest BCUT2D eigenvalue weighted by atomic mass is 19.1. The number of fused-ring (bicyclic) bond motifs is 1. The smallest absolute Gasteiger partial charge is 0.315 e. The lowest BCUT2D eigenvalue weighted by Gasteiger charge is -2.29. The fourth-order valence-electron chi connectivity index (χ4n) is 3.67. The minimum absolute atomic E-state index is 0.0451. The molecule has 0 fully saturated rings. The zero-order chi connectivity index (χ0) is 23.2. The number of anilines is 1. The summed E-state index contributed by atoms with van der Waals surface area (Å²) in [6.45, 7) is 0.507. The van der Waals surface area contributed by atoms with Crippen molar-refractivity contribution in [1.29, 1.82) is 0 Å². The molecule has 1 aliphatic heterocycles. The van der Waals surface area contributed by atoms with Gasteiger partial charge in [-0.25, -0.2) is 13.6 Å². The van der Waals surface area contributed by atoms with Crippen LogP contribution in [0, 0.1) is 11.6 Å². The van der Waals surface area contributed by atoms with Crippen LogP contribution in [-0.4, -0.2) is 25.0 Å². The van der Waals surface area contributed by atoms with Crippen LogP contribution < -0.4 is 20.3 Å². The second kappa shape index (κ2) is 10.1. The second-order valence-electron chi connectivity index (χ2n) is 7.61. The van der Waals surface area contributed by atoms with Crippen molar-refractivity contribution in [2.75, 3.05) is 18.0 Å². The Morgan fingerprint density at radius 3 is 2.48 bits per heavy atom. The third-order valence-electron chi connectivity index (χ3n) is 5.32. The van der Waals surface area contributed by atoms with E-state index < -0.39 is 17.7 Å². The molecule has 0 atom stereocenters. The van der Waals surface area contributed by atoms with E-state index in [9.17, 15) is 18.4 Å². The third-order valence-corrected chi connectivity index (χ3v) is 5.32. The topological polar surface area (TPSA) is 70.7 Å². The average molecular weight is 451 g/mol. The monoisotopic (exact) mass is 451 g/mol. The Balaban J connectivity index is 1.27. The van der Waals surface area contributed by atoms with Crippen molar-refractivity contribution in [3.63, 3.8) is 0 Å². The predicted molar refractivity (Wildman–Crippen MR) is 120 cm³/mol.